The fourth-order valence-electron chi connectivity index (χ4n) is 3.38. The number of hydrogen-bond acceptors (Lipinski definition) is 2. The van der Waals surface area contributed by atoms with Crippen LogP contribution in [-0.2, 0) is 12.8 Å². The number of para-hydroxylation sites is 1. The molecule has 0 bridgehead atoms. The van der Waals surface area contributed by atoms with E-state index in [1.165, 1.54) is 35.0 Å². The van der Waals surface area contributed by atoms with Gasteiger partial charge in [0.25, 0.3) is 0 Å². The van der Waals surface area contributed by atoms with Crippen molar-refractivity contribution in [3.8, 4) is 0 Å². The van der Waals surface area contributed by atoms with Crippen molar-refractivity contribution < 1.29 is 0 Å². The molecular formula is C20H23N3. The largest absolute Gasteiger partial charge is 0.361 e. The summed E-state index contributed by atoms with van der Waals surface area (Å²) in [4.78, 5) is 7.85. The summed E-state index contributed by atoms with van der Waals surface area (Å²) in [5.41, 5.74) is 3.83. The van der Waals surface area contributed by atoms with Gasteiger partial charge >= 0.3 is 0 Å². The molecule has 118 valence electrons. The van der Waals surface area contributed by atoms with Crippen molar-refractivity contribution in [2.45, 2.75) is 31.7 Å². The number of hydrogen-bond donors (Lipinski definition) is 2. The molecule has 0 unspecified atom stereocenters. The monoisotopic (exact) mass is 305 g/mol. The minimum atomic E-state index is 0.565. The van der Waals surface area contributed by atoms with Crippen molar-refractivity contribution in [3.63, 3.8) is 0 Å². The zero-order valence-electron chi connectivity index (χ0n) is 13.3. The maximum atomic E-state index is 4.48. The predicted octanol–water partition coefficient (Wildman–Crippen LogP) is 3.72. The van der Waals surface area contributed by atoms with Crippen molar-refractivity contribution in [2.75, 3.05) is 6.54 Å². The van der Waals surface area contributed by atoms with Gasteiger partial charge in [0.05, 0.1) is 0 Å². The molecule has 3 nitrogen and oxygen atoms in total. The first-order chi connectivity index (χ1) is 11.4. The molecule has 3 heteroatoms. The van der Waals surface area contributed by atoms with Crippen molar-refractivity contribution >= 4 is 10.9 Å². The van der Waals surface area contributed by atoms with Crippen LogP contribution in [0.25, 0.3) is 10.9 Å². The summed E-state index contributed by atoms with van der Waals surface area (Å²) >= 11 is 0. The summed E-state index contributed by atoms with van der Waals surface area (Å²) in [5, 5.41) is 5.13. The summed E-state index contributed by atoms with van der Waals surface area (Å²) in [5.74, 6) is 0.833. The highest BCUT2D eigenvalue weighted by Gasteiger charge is 2.30. The summed E-state index contributed by atoms with van der Waals surface area (Å²) in [6, 6.07) is 15.3. The SMILES string of the molecule is c1ccc(C[C@@H](NCCc2c[nH]c3ccccc23)C2CC2)nc1. The van der Waals surface area contributed by atoms with Gasteiger partial charge in [-0.1, -0.05) is 24.3 Å². The van der Waals surface area contributed by atoms with E-state index in [4.69, 9.17) is 0 Å². The lowest BCUT2D eigenvalue weighted by Gasteiger charge is -2.18. The molecule has 1 aliphatic rings. The quantitative estimate of drug-likeness (QED) is 0.698. The summed E-state index contributed by atoms with van der Waals surface area (Å²) in [6.45, 7) is 1.02. The van der Waals surface area contributed by atoms with Gasteiger partial charge in [-0.05, 0) is 55.5 Å². The average Bonchev–Trinajstić information content (AvgIpc) is 3.36. The van der Waals surface area contributed by atoms with Crippen molar-refractivity contribution in [1.82, 2.24) is 15.3 Å². The number of benzene rings is 1. The number of pyridine rings is 1. The molecule has 0 saturated heterocycles. The van der Waals surface area contributed by atoms with E-state index in [1.54, 1.807) is 0 Å². The molecule has 1 aliphatic carbocycles. The van der Waals surface area contributed by atoms with E-state index in [-0.39, 0.29) is 0 Å². The third kappa shape index (κ3) is 3.45. The van der Waals surface area contributed by atoms with Crippen molar-refractivity contribution in [3.05, 3.63) is 66.1 Å². The topological polar surface area (TPSA) is 40.7 Å². The highest BCUT2D eigenvalue weighted by atomic mass is 14.9. The molecule has 23 heavy (non-hydrogen) atoms. The van der Waals surface area contributed by atoms with E-state index in [9.17, 15) is 0 Å². The lowest BCUT2D eigenvalue weighted by molar-refractivity contribution is 0.459. The molecule has 1 aromatic carbocycles. The van der Waals surface area contributed by atoms with Crippen LogP contribution in [0.1, 0.15) is 24.1 Å². The van der Waals surface area contributed by atoms with Crippen LogP contribution in [0.2, 0.25) is 0 Å². The molecule has 0 radical (unpaired) electrons. The van der Waals surface area contributed by atoms with E-state index >= 15 is 0 Å². The molecular weight excluding hydrogens is 282 g/mol. The Morgan fingerprint density at radius 1 is 1.13 bits per heavy atom. The van der Waals surface area contributed by atoms with Crippen LogP contribution >= 0.6 is 0 Å². The van der Waals surface area contributed by atoms with E-state index in [2.05, 4.69) is 57.9 Å². The van der Waals surface area contributed by atoms with Crippen molar-refractivity contribution in [1.29, 1.82) is 0 Å². The molecule has 4 rings (SSSR count). The van der Waals surface area contributed by atoms with E-state index in [1.807, 2.05) is 12.3 Å². The molecule has 0 spiro atoms. The third-order valence-corrected chi connectivity index (χ3v) is 4.82. The first-order valence-corrected chi connectivity index (χ1v) is 8.58. The van der Waals surface area contributed by atoms with Gasteiger partial charge in [-0.3, -0.25) is 4.98 Å². The molecule has 1 atom stereocenters. The first-order valence-electron chi connectivity index (χ1n) is 8.58. The number of aromatic amines is 1. The Bertz CT molecular complexity index is 759. The average molecular weight is 305 g/mol. The summed E-state index contributed by atoms with van der Waals surface area (Å²) < 4.78 is 0. The fourth-order valence-corrected chi connectivity index (χ4v) is 3.38. The Kier molecular flexibility index (Phi) is 4.12. The minimum Gasteiger partial charge on any atom is -0.361 e. The van der Waals surface area contributed by atoms with E-state index < -0.39 is 0 Å². The maximum Gasteiger partial charge on any atom is 0.0456 e. The molecule has 0 aliphatic heterocycles. The van der Waals surface area contributed by atoms with Gasteiger partial charge in [-0.2, -0.15) is 0 Å². The smallest absolute Gasteiger partial charge is 0.0456 e. The second kappa shape index (κ2) is 6.55. The van der Waals surface area contributed by atoms with Gasteiger partial charge in [0.15, 0.2) is 0 Å². The number of fused-ring (bicyclic) bond motifs is 1. The Morgan fingerprint density at radius 3 is 2.83 bits per heavy atom. The number of nitrogens with one attached hydrogen (secondary N) is 2. The summed E-state index contributed by atoms with van der Waals surface area (Å²) in [7, 11) is 0. The van der Waals surface area contributed by atoms with Gasteiger partial charge in [-0.15, -0.1) is 0 Å². The zero-order chi connectivity index (χ0) is 15.5. The van der Waals surface area contributed by atoms with Crippen LogP contribution in [0.15, 0.2) is 54.9 Å². The van der Waals surface area contributed by atoms with Crippen LogP contribution in [-0.4, -0.2) is 22.6 Å². The highest BCUT2D eigenvalue weighted by Crippen LogP contribution is 2.34. The highest BCUT2D eigenvalue weighted by molar-refractivity contribution is 5.83. The van der Waals surface area contributed by atoms with Crippen LogP contribution in [0, 0.1) is 5.92 Å². The van der Waals surface area contributed by atoms with Crippen LogP contribution in [0.3, 0.4) is 0 Å². The number of H-pyrrole nitrogens is 1. The molecule has 2 N–H and O–H groups in total. The van der Waals surface area contributed by atoms with Gasteiger partial charge in [0.1, 0.15) is 0 Å². The Hall–Kier alpha value is -2.13. The van der Waals surface area contributed by atoms with E-state index in [0.29, 0.717) is 6.04 Å². The maximum absolute atomic E-state index is 4.48. The van der Waals surface area contributed by atoms with Gasteiger partial charge in [0, 0.05) is 41.5 Å². The van der Waals surface area contributed by atoms with Crippen LogP contribution < -0.4 is 5.32 Å². The lowest BCUT2D eigenvalue weighted by atomic mass is 10.1. The Morgan fingerprint density at radius 2 is 2.00 bits per heavy atom. The third-order valence-electron chi connectivity index (χ3n) is 4.82. The fraction of sp³-hybridized carbons (Fsp3) is 0.350. The standard InChI is InChI=1S/C20H23N3/c1-2-7-19-18(6-1)16(14-23-19)10-12-22-20(15-8-9-15)13-17-5-3-4-11-21-17/h1-7,11,14-15,20,22-23H,8-10,12-13H2/t20-/m1/s1. The predicted molar refractivity (Wildman–Crippen MR) is 94.5 cm³/mol. The molecule has 1 saturated carbocycles. The minimum absolute atomic E-state index is 0.565. The Labute approximate surface area is 137 Å². The van der Waals surface area contributed by atoms with Gasteiger partial charge in [0.2, 0.25) is 0 Å². The Balaban J connectivity index is 1.37. The van der Waals surface area contributed by atoms with Crippen LogP contribution in [0.4, 0.5) is 0 Å². The van der Waals surface area contributed by atoms with Crippen LogP contribution in [0.5, 0.6) is 0 Å². The first kappa shape index (κ1) is 14.5. The number of nitrogens with zero attached hydrogens (tertiary/aromatic N) is 1. The number of aromatic nitrogens is 2. The molecule has 3 aromatic rings. The second-order valence-corrected chi connectivity index (χ2v) is 6.53. The normalized spacial score (nSPS) is 15.8. The second-order valence-electron chi connectivity index (χ2n) is 6.53. The lowest BCUT2D eigenvalue weighted by Crippen LogP contribution is -2.34. The molecule has 2 heterocycles. The molecule has 1 fully saturated rings. The van der Waals surface area contributed by atoms with Gasteiger partial charge < -0.3 is 10.3 Å². The molecule has 2 aromatic heterocycles. The van der Waals surface area contributed by atoms with Crippen molar-refractivity contribution in [2.24, 2.45) is 5.92 Å². The van der Waals surface area contributed by atoms with E-state index in [0.717, 1.165) is 25.3 Å². The molecule has 0 amide bonds. The zero-order valence-corrected chi connectivity index (χ0v) is 13.3. The van der Waals surface area contributed by atoms with Gasteiger partial charge in [-0.25, -0.2) is 0 Å². The summed E-state index contributed by atoms with van der Waals surface area (Å²) in [6.07, 6.45) is 8.87. The number of rotatable bonds is 7.